The number of amides is 2. The van der Waals surface area contributed by atoms with Crippen molar-refractivity contribution >= 4 is 18.0 Å². The molecule has 7 heteroatoms. The van der Waals surface area contributed by atoms with Gasteiger partial charge in [0.25, 0.3) is 0 Å². The molecule has 0 bridgehead atoms. The fourth-order valence-corrected chi connectivity index (χ4v) is 4.05. The van der Waals surface area contributed by atoms with Crippen molar-refractivity contribution in [2.45, 2.75) is 45.1 Å². The molecule has 0 aliphatic heterocycles. The van der Waals surface area contributed by atoms with E-state index in [0.29, 0.717) is 6.42 Å². The van der Waals surface area contributed by atoms with Gasteiger partial charge in [-0.15, -0.1) is 0 Å². The molecule has 0 saturated carbocycles. The zero-order valence-electron chi connectivity index (χ0n) is 18.8. The largest absolute Gasteiger partial charge is 0.480 e. The van der Waals surface area contributed by atoms with Crippen LogP contribution in [0.25, 0.3) is 11.1 Å². The topological polar surface area (TPSA) is 95.9 Å². The summed E-state index contributed by atoms with van der Waals surface area (Å²) in [6, 6.07) is 16.3. The number of carbonyl (C=O) groups excluding carboxylic acids is 2. The maximum atomic E-state index is 12.4. The van der Waals surface area contributed by atoms with Gasteiger partial charge < -0.3 is 20.1 Å². The highest BCUT2D eigenvalue weighted by atomic mass is 16.5. The molecule has 2 aromatic carbocycles. The highest BCUT2D eigenvalue weighted by Crippen LogP contribution is 2.44. The number of carboxylic acids is 1. The molecule has 2 aromatic rings. The van der Waals surface area contributed by atoms with Crippen LogP contribution in [0.3, 0.4) is 0 Å². The highest BCUT2D eigenvalue weighted by molar-refractivity contribution is 5.82. The number of aliphatic carboxylic acids is 1. The number of hydrogen-bond acceptors (Lipinski definition) is 4. The fraction of sp³-hybridized carbons (Fsp3) is 0.400. The summed E-state index contributed by atoms with van der Waals surface area (Å²) in [5.41, 5.74) is 4.04. The summed E-state index contributed by atoms with van der Waals surface area (Å²) in [4.78, 5) is 37.0. The van der Waals surface area contributed by atoms with E-state index in [1.165, 1.54) is 16.0 Å². The number of ether oxygens (including phenoxy) is 1. The summed E-state index contributed by atoms with van der Waals surface area (Å²) in [5, 5.41) is 11.7. The Morgan fingerprint density at radius 2 is 1.56 bits per heavy atom. The second kappa shape index (κ2) is 9.85. The third-order valence-corrected chi connectivity index (χ3v) is 5.58. The van der Waals surface area contributed by atoms with Crippen molar-refractivity contribution in [2.24, 2.45) is 0 Å². The minimum absolute atomic E-state index is 0.00825. The van der Waals surface area contributed by atoms with E-state index in [1.807, 2.05) is 24.3 Å². The quantitative estimate of drug-likeness (QED) is 0.607. The molecule has 0 heterocycles. The van der Waals surface area contributed by atoms with Gasteiger partial charge in [-0.05, 0) is 49.4 Å². The summed E-state index contributed by atoms with van der Waals surface area (Å²) in [6.07, 6.45) is 0.0150. The molecule has 0 atom stereocenters. The van der Waals surface area contributed by atoms with Gasteiger partial charge in [0, 0.05) is 24.4 Å². The fourth-order valence-electron chi connectivity index (χ4n) is 4.05. The van der Waals surface area contributed by atoms with Gasteiger partial charge in [0.05, 0.1) is 0 Å². The highest BCUT2D eigenvalue weighted by Gasteiger charge is 2.29. The maximum Gasteiger partial charge on any atom is 0.407 e. The van der Waals surface area contributed by atoms with Gasteiger partial charge in [-0.1, -0.05) is 48.5 Å². The Labute approximate surface area is 188 Å². The van der Waals surface area contributed by atoms with E-state index in [0.717, 1.165) is 11.1 Å². The molecular formula is C25H30N2O5. The molecule has 0 fully saturated rings. The average Bonchev–Trinajstić information content (AvgIpc) is 3.06. The predicted molar refractivity (Wildman–Crippen MR) is 121 cm³/mol. The molecule has 0 saturated heterocycles. The van der Waals surface area contributed by atoms with Crippen molar-refractivity contribution in [3.63, 3.8) is 0 Å². The van der Waals surface area contributed by atoms with Gasteiger partial charge in [-0.2, -0.15) is 0 Å². The van der Waals surface area contributed by atoms with Crippen molar-refractivity contribution in [3.05, 3.63) is 59.7 Å². The molecule has 7 nitrogen and oxygen atoms in total. The monoisotopic (exact) mass is 438 g/mol. The minimum atomic E-state index is -1.05. The summed E-state index contributed by atoms with van der Waals surface area (Å²) >= 11 is 0. The van der Waals surface area contributed by atoms with Gasteiger partial charge in [0.2, 0.25) is 5.91 Å². The van der Waals surface area contributed by atoms with E-state index < -0.39 is 17.6 Å². The molecule has 0 aromatic heterocycles. The van der Waals surface area contributed by atoms with Crippen molar-refractivity contribution in [1.82, 2.24) is 10.2 Å². The normalized spacial score (nSPS) is 12.6. The number of hydrogen-bond donors (Lipinski definition) is 2. The van der Waals surface area contributed by atoms with E-state index in [-0.39, 0.29) is 37.9 Å². The Morgan fingerprint density at radius 1 is 1.00 bits per heavy atom. The molecule has 32 heavy (non-hydrogen) atoms. The van der Waals surface area contributed by atoms with Crippen molar-refractivity contribution in [3.8, 4) is 11.1 Å². The molecule has 1 aliphatic carbocycles. The Morgan fingerprint density at radius 3 is 2.09 bits per heavy atom. The third kappa shape index (κ3) is 5.46. The van der Waals surface area contributed by atoms with Crippen LogP contribution in [0.1, 0.15) is 50.7 Å². The third-order valence-electron chi connectivity index (χ3n) is 5.58. The van der Waals surface area contributed by atoms with Crippen LogP contribution in [0.5, 0.6) is 0 Å². The minimum Gasteiger partial charge on any atom is -0.480 e. The standard InChI is InChI=1S/C25H30N2O5/c1-25(2,3)27(15-23(29)30)22(28)13-8-14-26-24(31)32-16-21-19-11-6-4-9-17(19)18-10-5-7-12-20(18)21/h4-7,9-12,21H,8,13-16H2,1-3H3,(H,26,31)(H,29,30). The first-order chi connectivity index (χ1) is 15.2. The molecule has 1 aliphatic rings. The lowest BCUT2D eigenvalue weighted by Crippen LogP contribution is -2.48. The van der Waals surface area contributed by atoms with Crippen LogP contribution in [0, 0.1) is 0 Å². The zero-order valence-corrected chi connectivity index (χ0v) is 18.8. The van der Waals surface area contributed by atoms with E-state index in [1.54, 1.807) is 20.8 Å². The molecule has 2 N–H and O–H groups in total. The van der Waals surface area contributed by atoms with Crippen molar-refractivity contribution in [1.29, 1.82) is 0 Å². The number of alkyl carbamates (subject to hydrolysis) is 1. The Hall–Kier alpha value is -3.35. The second-order valence-electron chi connectivity index (χ2n) is 8.90. The Kier molecular flexibility index (Phi) is 7.18. The first-order valence-corrected chi connectivity index (χ1v) is 10.8. The molecule has 170 valence electrons. The number of rotatable bonds is 8. The van der Waals surface area contributed by atoms with Gasteiger partial charge in [0.15, 0.2) is 0 Å². The van der Waals surface area contributed by atoms with Crippen LogP contribution in [-0.2, 0) is 14.3 Å². The lowest BCUT2D eigenvalue weighted by Gasteiger charge is -2.34. The van der Waals surface area contributed by atoms with E-state index in [4.69, 9.17) is 9.84 Å². The van der Waals surface area contributed by atoms with Crippen molar-refractivity contribution < 1.29 is 24.2 Å². The van der Waals surface area contributed by atoms with Crippen LogP contribution in [0.15, 0.2) is 48.5 Å². The SMILES string of the molecule is CC(C)(C)N(CC(=O)O)C(=O)CCCNC(=O)OCC1c2ccccc2-c2ccccc21. The summed E-state index contributed by atoms with van der Waals surface area (Å²) < 4.78 is 5.48. The Balaban J connectivity index is 1.47. The van der Waals surface area contributed by atoms with Gasteiger partial charge >= 0.3 is 12.1 Å². The average molecular weight is 439 g/mol. The summed E-state index contributed by atoms with van der Waals surface area (Å²) in [5.74, 6) is -1.31. The van der Waals surface area contributed by atoms with Gasteiger partial charge in [-0.25, -0.2) is 4.79 Å². The molecule has 3 rings (SSSR count). The van der Waals surface area contributed by atoms with Gasteiger partial charge in [0.1, 0.15) is 13.2 Å². The van der Waals surface area contributed by atoms with E-state index >= 15 is 0 Å². The molecular weight excluding hydrogens is 408 g/mol. The first kappa shape index (κ1) is 23.3. The number of nitrogens with one attached hydrogen (secondary N) is 1. The van der Waals surface area contributed by atoms with Crippen LogP contribution in [0.4, 0.5) is 4.79 Å². The van der Waals surface area contributed by atoms with Crippen LogP contribution < -0.4 is 5.32 Å². The van der Waals surface area contributed by atoms with Crippen LogP contribution >= 0.6 is 0 Å². The Bertz CT molecular complexity index is 950. The van der Waals surface area contributed by atoms with Crippen LogP contribution in [0.2, 0.25) is 0 Å². The lowest BCUT2D eigenvalue weighted by atomic mass is 9.98. The smallest absolute Gasteiger partial charge is 0.407 e. The van der Waals surface area contributed by atoms with Gasteiger partial charge in [-0.3, -0.25) is 9.59 Å². The number of fused-ring (bicyclic) bond motifs is 3. The molecule has 2 amide bonds. The van der Waals surface area contributed by atoms with Crippen molar-refractivity contribution in [2.75, 3.05) is 19.7 Å². The zero-order chi connectivity index (χ0) is 23.3. The number of nitrogens with zero attached hydrogens (tertiary/aromatic N) is 1. The molecule has 0 spiro atoms. The lowest BCUT2D eigenvalue weighted by molar-refractivity contribution is -0.148. The predicted octanol–water partition coefficient (Wildman–Crippen LogP) is 4.02. The summed E-state index contributed by atoms with van der Waals surface area (Å²) in [7, 11) is 0. The molecule has 0 unspecified atom stereocenters. The number of carboxylic acid groups (broad SMARTS) is 1. The van der Waals surface area contributed by atoms with E-state index in [2.05, 4.69) is 29.6 Å². The second-order valence-corrected chi connectivity index (χ2v) is 8.90. The number of carbonyl (C=O) groups is 3. The van der Waals surface area contributed by atoms with Crippen LogP contribution in [-0.4, -0.2) is 53.2 Å². The maximum absolute atomic E-state index is 12.4. The van der Waals surface area contributed by atoms with E-state index in [9.17, 15) is 14.4 Å². The summed E-state index contributed by atoms with van der Waals surface area (Å²) in [6.45, 7) is 5.54. The number of benzene rings is 2. The molecule has 0 radical (unpaired) electrons. The first-order valence-electron chi connectivity index (χ1n) is 10.8.